The van der Waals surface area contributed by atoms with Crippen molar-refractivity contribution >= 4 is 11.8 Å². The standard InChI is InChI=1S/C16H30N2OS/c1-2-3-4-5-6-7-8-9-10-11-12-13-14-20-16-18-17-15-19-16/h15H,2-14H2,1H3. The van der Waals surface area contributed by atoms with Crippen LogP contribution in [0.25, 0.3) is 0 Å². The van der Waals surface area contributed by atoms with E-state index in [1.807, 2.05) is 0 Å². The van der Waals surface area contributed by atoms with E-state index in [1.165, 1.54) is 83.4 Å². The fraction of sp³-hybridized carbons (Fsp3) is 0.875. The highest BCUT2D eigenvalue weighted by molar-refractivity contribution is 7.99. The third kappa shape index (κ3) is 10.3. The Morgan fingerprint density at radius 1 is 0.850 bits per heavy atom. The van der Waals surface area contributed by atoms with Gasteiger partial charge in [0.2, 0.25) is 6.39 Å². The predicted octanol–water partition coefficient (Wildman–Crippen LogP) is 5.86. The second-order valence-corrected chi connectivity index (χ2v) is 6.49. The van der Waals surface area contributed by atoms with Crippen LogP contribution in [-0.4, -0.2) is 16.0 Å². The molecule has 1 aromatic rings. The van der Waals surface area contributed by atoms with Crippen LogP contribution in [0.15, 0.2) is 16.0 Å². The molecule has 0 saturated heterocycles. The minimum atomic E-state index is 0.702. The molecule has 20 heavy (non-hydrogen) atoms. The molecule has 0 aliphatic heterocycles. The van der Waals surface area contributed by atoms with Crippen molar-refractivity contribution in [3.63, 3.8) is 0 Å². The first kappa shape index (κ1) is 17.5. The van der Waals surface area contributed by atoms with Gasteiger partial charge in [0.15, 0.2) is 0 Å². The van der Waals surface area contributed by atoms with E-state index >= 15 is 0 Å². The second-order valence-electron chi connectivity index (χ2n) is 5.44. The highest BCUT2D eigenvalue weighted by Gasteiger charge is 1.98. The maximum Gasteiger partial charge on any atom is 0.276 e. The topological polar surface area (TPSA) is 38.9 Å². The Hall–Kier alpha value is -0.510. The van der Waals surface area contributed by atoms with Crippen molar-refractivity contribution in [1.82, 2.24) is 10.2 Å². The zero-order chi connectivity index (χ0) is 14.3. The second kappa shape index (κ2) is 13.5. The van der Waals surface area contributed by atoms with Crippen LogP contribution >= 0.6 is 11.8 Å². The molecule has 0 bridgehead atoms. The van der Waals surface area contributed by atoms with Crippen LogP contribution in [0.2, 0.25) is 0 Å². The normalized spacial score (nSPS) is 11.1. The van der Waals surface area contributed by atoms with Crippen molar-refractivity contribution < 1.29 is 4.42 Å². The molecule has 0 aliphatic rings. The van der Waals surface area contributed by atoms with Gasteiger partial charge in [0.25, 0.3) is 5.22 Å². The Bertz CT molecular complexity index is 291. The fourth-order valence-corrected chi connectivity index (χ4v) is 3.07. The smallest absolute Gasteiger partial charge is 0.276 e. The Morgan fingerprint density at radius 2 is 1.40 bits per heavy atom. The molecule has 0 atom stereocenters. The van der Waals surface area contributed by atoms with Gasteiger partial charge in [0, 0.05) is 5.75 Å². The first-order chi connectivity index (χ1) is 9.93. The molecule has 1 rings (SSSR count). The number of hydrogen-bond acceptors (Lipinski definition) is 4. The Morgan fingerprint density at radius 3 is 1.90 bits per heavy atom. The van der Waals surface area contributed by atoms with Crippen molar-refractivity contribution in [1.29, 1.82) is 0 Å². The van der Waals surface area contributed by atoms with Gasteiger partial charge in [0.1, 0.15) is 0 Å². The van der Waals surface area contributed by atoms with E-state index < -0.39 is 0 Å². The summed E-state index contributed by atoms with van der Waals surface area (Å²) < 4.78 is 5.08. The molecule has 0 saturated carbocycles. The molecule has 0 radical (unpaired) electrons. The molecule has 0 aliphatic carbocycles. The Kier molecular flexibility index (Phi) is 11.8. The summed E-state index contributed by atoms with van der Waals surface area (Å²) in [5.41, 5.74) is 0. The summed E-state index contributed by atoms with van der Waals surface area (Å²) in [5.74, 6) is 1.10. The quantitative estimate of drug-likeness (QED) is 0.318. The third-order valence-corrected chi connectivity index (χ3v) is 4.48. The third-order valence-electron chi connectivity index (χ3n) is 3.56. The zero-order valence-corrected chi connectivity index (χ0v) is 13.8. The average Bonchev–Trinajstić information content (AvgIpc) is 2.97. The molecule has 0 aromatic carbocycles. The first-order valence-corrected chi connectivity index (χ1v) is 9.31. The van der Waals surface area contributed by atoms with Gasteiger partial charge in [-0.05, 0) is 6.42 Å². The van der Waals surface area contributed by atoms with Crippen molar-refractivity contribution in [3.8, 4) is 0 Å². The van der Waals surface area contributed by atoms with E-state index in [0.717, 1.165) is 5.75 Å². The van der Waals surface area contributed by atoms with Crippen LogP contribution in [0.3, 0.4) is 0 Å². The van der Waals surface area contributed by atoms with Crippen LogP contribution in [0, 0.1) is 0 Å². The number of aromatic nitrogens is 2. The van der Waals surface area contributed by atoms with Gasteiger partial charge in [-0.2, -0.15) is 0 Å². The lowest BCUT2D eigenvalue weighted by atomic mass is 10.1. The molecule has 0 amide bonds. The van der Waals surface area contributed by atoms with Crippen LogP contribution in [0.5, 0.6) is 0 Å². The van der Waals surface area contributed by atoms with Crippen LogP contribution in [0.1, 0.15) is 84.0 Å². The van der Waals surface area contributed by atoms with E-state index in [-0.39, 0.29) is 0 Å². The van der Waals surface area contributed by atoms with Crippen LogP contribution in [0.4, 0.5) is 0 Å². The van der Waals surface area contributed by atoms with E-state index in [2.05, 4.69) is 17.1 Å². The lowest BCUT2D eigenvalue weighted by Gasteiger charge is -2.02. The summed E-state index contributed by atoms with van der Waals surface area (Å²) in [6.45, 7) is 2.28. The molecule has 0 spiro atoms. The van der Waals surface area contributed by atoms with E-state index in [4.69, 9.17) is 4.42 Å². The molecule has 1 aromatic heterocycles. The maximum absolute atomic E-state index is 5.08. The van der Waals surface area contributed by atoms with Gasteiger partial charge in [0.05, 0.1) is 0 Å². The molecule has 3 nitrogen and oxygen atoms in total. The predicted molar refractivity (Wildman–Crippen MR) is 86.1 cm³/mol. The molecular weight excluding hydrogens is 268 g/mol. The number of nitrogens with zero attached hydrogens (tertiary/aromatic N) is 2. The van der Waals surface area contributed by atoms with Gasteiger partial charge in [-0.1, -0.05) is 89.3 Å². The molecular formula is C16H30N2OS. The lowest BCUT2D eigenvalue weighted by Crippen LogP contribution is -1.84. The zero-order valence-electron chi connectivity index (χ0n) is 13.0. The summed E-state index contributed by atoms with van der Waals surface area (Å²) in [5, 5.41) is 8.22. The number of thioether (sulfide) groups is 1. The monoisotopic (exact) mass is 298 g/mol. The Balaban J connectivity index is 1.70. The summed E-state index contributed by atoms with van der Waals surface area (Å²) in [4.78, 5) is 0. The first-order valence-electron chi connectivity index (χ1n) is 8.32. The SMILES string of the molecule is CCCCCCCCCCCCCCSc1nnco1. The minimum Gasteiger partial charge on any atom is -0.419 e. The van der Waals surface area contributed by atoms with Crippen molar-refractivity contribution in [3.05, 3.63) is 6.39 Å². The molecule has 0 unspecified atom stereocenters. The minimum absolute atomic E-state index is 0.702. The van der Waals surface area contributed by atoms with Crippen LogP contribution in [-0.2, 0) is 0 Å². The summed E-state index contributed by atoms with van der Waals surface area (Å²) in [6, 6.07) is 0. The Labute approximate surface area is 128 Å². The largest absolute Gasteiger partial charge is 0.419 e. The summed E-state index contributed by atoms with van der Waals surface area (Å²) in [6.07, 6.45) is 18.2. The van der Waals surface area contributed by atoms with Crippen molar-refractivity contribution in [2.45, 2.75) is 89.2 Å². The average molecular weight is 298 g/mol. The summed E-state index contributed by atoms with van der Waals surface area (Å²) >= 11 is 1.67. The van der Waals surface area contributed by atoms with Crippen LogP contribution < -0.4 is 0 Å². The van der Waals surface area contributed by atoms with Crippen molar-refractivity contribution in [2.75, 3.05) is 5.75 Å². The maximum atomic E-state index is 5.08. The van der Waals surface area contributed by atoms with Gasteiger partial charge in [-0.25, -0.2) is 0 Å². The molecule has 0 N–H and O–H groups in total. The highest BCUT2D eigenvalue weighted by Crippen LogP contribution is 2.17. The van der Waals surface area contributed by atoms with E-state index in [0.29, 0.717) is 5.22 Å². The lowest BCUT2D eigenvalue weighted by molar-refractivity contribution is 0.453. The molecule has 1 heterocycles. The van der Waals surface area contributed by atoms with Gasteiger partial charge < -0.3 is 4.42 Å². The van der Waals surface area contributed by atoms with Gasteiger partial charge in [-0.15, -0.1) is 10.2 Å². The number of unbranched alkanes of at least 4 members (excludes halogenated alkanes) is 11. The van der Waals surface area contributed by atoms with Gasteiger partial charge in [-0.3, -0.25) is 0 Å². The van der Waals surface area contributed by atoms with E-state index in [1.54, 1.807) is 11.8 Å². The van der Waals surface area contributed by atoms with Crippen molar-refractivity contribution in [2.24, 2.45) is 0 Å². The summed E-state index contributed by atoms with van der Waals surface area (Å²) in [7, 11) is 0. The molecule has 0 fully saturated rings. The molecule has 4 heteroatoms. The fourth-order valence-electron chi connectivity index (χ4n) is 2.33. The van der Waals surface area contributed by atoms with E-state index in [9.17, 15) is 0 Å². The highest BCUT2D eigenvalue weighted by atomic mass is 32.2. The molecule has 116 valence electrons. The number of hydrogen-bond donors (Lipinski definition) is 0. The number of rotatable bonds is 14. The van der Waals surface area contributed by atoms with Gasteiger partial charge >= 0.3 is 0 Å².